The first-order chi connectivity index (χ1) is 11.1. The number of imide groups is 1. The zero-order valence-electron chi connectivity index (χ0n) is 12.8. The number of thioether (sulfide) groups is 1. The fourth-order valence-corrected chi connectivity index (χ4v) is 3.28. The number of rotatable bonds is 5. The third kappa shape index (κ3) is 3.74. The molecule has 0 N–H and O–H groups in total. The molecule has 1 aliphatic heterocycles. The van der Waals surface area contributed by atoms with Gasteiger partial charge in [0.1, 0.15) is 11.5 Å². The summed E-state index contributed by atoms with van der Waals surface area (Å²) >= 11 is 0.971. The Balaban J connectivity index is 1.61. The van der Waals surface area contributed by atoms with Gasteiger partial charge in [-0.1, -0.05) is 30.3 Å². The number of carbonyl (C=O) groups excluding carboxylic acids is 2. The third-order valence-electron chi connectivity index (χ3n) is 3.60. The van der Waals surface area contributed by atoms with Crippen LogP contribution in [0.2, 0.25) is 0 Å². The van der Waals surface area contributed by atoms with Crippen LogP contribution in [-0.2, 0) is 11.2 Å². The monoisotopic (exact) mass is 327 g/mol. The van der Waals surface area contributed by atoms with Crippen molar-refractivity contribution in [2.75, 3.05) is 6.54 Å². The molecule has 1 aliphatic rings. The minimum atomic E-state index is -0.234. The van der Waals surface area contributed by atoms with Crippen LogP contribution in [0.5, 0.6) is 0 Å². The number of hydrogen-bond donors (Lipinski definition) is 0. The van der Waals surface area contributed by atoms with Crippen molar-refractivity contribution in [1.29, 1.82) is 0 Å². The van der Waals surface area contributed by atoms with Crippen LogP contribution in [0.25, 0.3) is 6.08 Å². The highest BCUT2D eigenvalue weighted by Crippen LogP contribution is 2.32. The van der Waals surface area contributed by atoms with E-state index < -0.39 is 0 Å². The molecule has 4 nitrogen and oxygen atoms in total. The molecule has 1 saturated heterocycles. The Kier molecular flexibility index (Phi) is 4.67. The van der Waals surface area contributed by atoms with Crippen LogP contribution >= 0.6 is 11.8 Å². The van der Waals surface area contributed by atoms with Crippen molar-refractivity contribution >= 4 is 29.0 Å². The standard InChI is InChI=1S/C18H17NO3S/c1-13-9-10-15(22-13)12-16-17(20)19(18(21)23-16)11-5-8-14-6-3-2-4-7-14/h2-4,6-7,9-10,12H,5,8,11H2,1H3. The Labute approximate surface area is 139 Å². The number of nitrogens with zero attached hydrogens (tertiary/aromatic N) is 1. The van der Waals surface area contributed by atoms with E-state index in [0.717, 1.165) is 30.4 Å². The van der Waals surface area contributed by atoms with E-state index in [-0.39, 0.29) is 11.1 Å². The molecular weight excluding hydrogens is 310 g/mol. The second-order valence-corrected chi connectivity index (χ2v) is 6.36. The summed E-state index contributed by atoms with van der Waals surface area (Å²) in [4.78, 5) is 26.1. The lowest BCUT2D eigenvalue weighted by Crippen LogP contribution is -2.29. The zero-order valence-corrected chi connectivity index (χ0v) is 13.6. The van der Waals surface area contributed by atoms with Gasteiger partial charge >= 0.3 is 0 Å². The van der Waals surface area contributed by atoms with Gasteiger partial charge in [0.05, 0.1) is 4.91 Å². The maximum atomic E-state index is 12.3. The van der Waals surface area contributed by atoms with Gasteiger partial charge in [-0.15, -0.1) is 0 Å². The second-order valence-electron chi connectivity index (χ2n) is 5.37. The van der Waals surface area contributed by atoms with Crippen molar-refractivity contribution < 1.29 is 14.0 Å². The van der Waals surface area contributed by atoms with Gasteiger partial charge in [-0.25, -0.2) is 0 Å². The van der Waals surface area contributed by atoms with Gasteiger partial charge in [0.25, 0.3) is 11.1 Å². The van der Waals surface area contributed by atoms with Crippen molar-refractivity contribution in [2.45, 2.75) is 19.8 Å². The lowest BCUT2D eigenvalue weighted by molar-refractivity contribution is -0.122. The molecular formula is C18H17NO3S. The first-order valence-electron chi connectivity index (χ1n) is 7.49. The lowest BCUT2D eigenvalue weighted by atomic mass is 10.1. The highest BCUT2D eigenvalue weighted by molar-refractivity contribution is 8.18. The van der Waals surface area contributed by atoms with E-state index in [0.29, 0.717) is 17.2 Å². The molecule has 1 aromatic heterocycles. The molecule has 2 heterocycles. The first-order valence-corrected chi connectivity index (χ1v) is 8.31. The topological polar surface area (TPSA) is 50.5 Å². The van der Waals surface area contributed by atoms with Crippen molar-refractivity contribution in [3.63, 3.8) is 0 Å². The van der Waals surface area contributed by atoms with E-state index in [2.05, 4.69) is 0 Å². The highest BCUT2D eigenvalue weighted by Gasteiger charge is 2.34. The summed E-state index contributed by atoms with van der Waals surface area (Å²) in [5.74, 6) is 1.14. The predicted octanol–water partition coefficient (Wildman–Crippen LogP) is 4.26. The molecule has 0 spiro atoms. The summed E-state index contributed by atoms with van der Waals surface area (Å²) < 4.78 is 5.43. The summed E-state index contributed by atoms with van der Waals surface area (Å²) in [7, 11) is 0. The van der Waals surface area contributed by atoms with Crippen LogP contribution < -0.4 is 0 Å². The van der Waals surface area contributed by atoms with E-state index in [9.17, 15) is 9.59 Å². The summed E-state index contributed by atoms with van der Waals surface area (Å²) in [6.45, 7) is 2.28. The minimum Gasteiger partial charge on any atom is -0.462 e. The fourth-order valence-electron chi connectivity index (χ4n) is 2.44. The molecule has 118 valence electrons. The summed E-state index contributed by atoms with van der Waals surface area (Å²) in [5, 5.41) is -0.211. The van der Waals surface area contributed by atoms with Crippen molar-refractivity contribution in [3.8, 4) is 0 Å². The third-order valence-corrected chi connectivity index (χ3v) is 4.51. The lowest BCUT2D eigenvalue weighted by Gasteiger charge is -2.11. The maximum Gasteiger partial charge on any atom is 0.293 e. The molecule has 2 amide bonds. The average molecular weight is 327 g/mol. The normalized spacial score (nSPS) is 16.6. The summed E-state index contributed by atoms with van der Waals surface area (Å²) in [6.07, 6.45) is 3.24. The molecule has 5 heteroatoms. The van der Waals surface area contributed by atoms with E-state index in [4.69, 9.17) is 4.42 Å². The SMILES string of the molecule is Cc1ccc(C=C2SC(=O)N(CCCc3ccccc3)C2=O)o1. The number of carbonyl (C=O) groups is 2. The van der Waals surface area contributed by atoms with E-state index in [1.54, 1.807) is 12.1 Å². The van der Waals surface area contributed by atoms with Crippen LogP contribution in [0.3, 0.4) is 0 Å². The molecule has 1 aromatic carbocycles. The van der Waals surface area contributed by atoms with Crippen molar-refractivity contribution in [2.24, 2.45) is 0 Å². The summed E-state index contributed by atoms with van der Waals surface area (Å²) in [5.41, 5.74) is 1.21. The summed E-state index contributed by atoms with van der Waals surface area (Å²) in [6, 6.07) is 13.7. The van der Waals surface area contributed by atoms with Crippen LogP contribution in [-0.4, -0.2) is 22.6 Å². The van der Waals surface area contributed by atoms with E-state index in [1.165, 1.54) is 10.5 Å². The zero-order chi connectivity index (χ0) is 16.2. The molecule has 0 radical (unpaired) electrons. The Morgan fingerprint density at radius 1 is 1.13 bits per heavy atom. The fraction of sp³-hybridized carbons (Fsp3) is 0.222. The quantitative estimate of drug-likeness (QED) is 0.770. The van der Waals surface area contributed by atoms with Crippen LogP contribution in [0.4, 0.5) is 4.79 Å². The van der Waals surface area contributed by atoms with Gasteiger partial charge < -0.3 is 4.42 Å². The van der Waals surface area contributed by atoms with Crippen LogP contribution in [0.1, 0.15) is 23.5 Å². The van der Waals surface area contributed by atoms with Gasteiger partial charge in [-0.05, 0) is 49.2 Å². The average Bonchev–Trinajstić information content (AvgIpc) is 3.06. The van der Waals surface area contributed by atoms with Gasteiger partial charge in [-0.2, -0.15) is 0 Å². The molecule has 0 saturated carbocycles. The van der Waals surface area contributed by atoms with Gasteiger partial charge in [0.2, 0.25) is 0 Å². The van der Waals surface area contributed by atoms with Gasteiger partial charge in [0, 0.05) is 12.6 Å². The maximum absolute atomic E-state index is 12.3. The Morgan fingerprint density at radius 3 is 2.61 bits per heavy atom. The van der Waals surface area contributed by atoms with E-state index >= 15 is 0 Å². The Bertz CT molecular complexity index is 749. The highest BCUT2D eigenvalue weighted by atomic mass is 32.2. The number of aryl methyl sites for hydroxylation is 2. The molecule has 0 bridgehead atoms. The second kappa shape index (κ2) is 6.87. The molecule has 0 atom stereocenters. The molecule has 0 aliphatic carbocycles. The number of hydrogen-bond acceptors (Lipinski definition) is 4. The van der Waals surface area contributed by atoms with Crippen molar-refractivity contribution in [3.05, 3.63) is 64.5 Å². The van der Waals surface area contributed by atoms with Crippen LogP contribution in [0.15, 0.2) is 51.8 Å². The molecule has 2 aromatic rings. The molecule has 0 unspecified atom stereocenters. The number of amides is 2. The van der Waals surface area contributed by atoms with Gasteiger partial charge in [-0.3, -0.25) is 14.5 Å². The predicted molar refractivity (Wildman–Crippen MR) is 90.9 cm³/mol. The minimum absolute atomic E-state index is 0.211. The Hall–Kier alpha value is -2.27. The van der Waals surface area contributed by atoms with E-state index in [1.807, 2.05) is 43.3 Å². The van der Waals surface area contributed by atoms with Crippen LogP contribution in [0, 0.1) is 6.92 Å². The molecule has 1 fully saturated rings. The molecule has 3 rings (SSSR count). The number of furan rings is 1. The van der Waals surface area contributed by atoms with Crippen molar-refractivity contribution in [1.82, 2.24) is 4.90 Å². The number of benzene rings is 1. The smallest absolute Gasteiger partial charge is 0.293 e. The first kappa shape index (κ1) is 15.6. The largest absolute Gasteiger partial charge is 0.462 e. The molecule has 23 heavy (non-hydrogen) atoms. The Morgan fingerprint density at radius 2 is 1.91 bits per heavy atom. The van der Waals surface area contributed by atoms with Gasteiger partial charge in [0.15, 0.2) is 0 Å².